The molecule has 0 unspecified atom stereocenters. The van der Waals surface area contributed by atoms with E-state index in [0.29, 0.717) is 11.8 Å². The third-order valence-corrected chi connectivity index (χ3v) is 3.29. The SMILES string of the molecule is C[Si](C)(C)Oc1ccc2c(C(F)(F)F)cc(=O)oc2c1. The Morgan fingerprint density at radius 3 is 2.35 bits per heavy atom. The lowest BCUT2D eigenvalue weighted by molar-refractivity contribution is -0.136. The van der Waals surface area contributed by atoms with E-state index in [4.69, 9.17) is 8.84 Å². The van der Waals surface area contributed by atoms with Gasteiger partial charge in [0.1, 0.15) is 11.3 Å². The lowest BCUT2D eigenvalue weighted by Gasteiger charge is -2.19. The molecule has 0 saturated heterocycles. The van der Waals surface area contributed by atoms with E-state index in [-0.39, 0.29) is 11.0 Å². The third-order valence-electron chi connectivity index (χ3n) is 2.45. The first-order valence-electron chi connectivity index (χ1n) is 5.90. The lowest BCUT2D eigenvalue weighted by Crippen LogP contribution is -2.29. The fraction of sp³-hybridized carbons (Fsp3) is 0.308. The molecule has 0 fully saturated rings. The maximum atomic E-state index is 12.9. The highest BCUT2D eigenvalue weighted by atomic mass is 28.4. The summed E-state index contributed by atoms with van der Waals surface area (Å²) in [6, 6.07) is 4.50. The van der Waals surface area contributed by atoms with E-state index < -0.39 is 25.7 Å². The molecule has 0 saturated carbocycles. The maximum absolute atomic E-state index is 12.9. The normalized spacial score (nSPS) is 12.7. The van der Waals surface area contributed by atoms with Crippen LogP contribution in [0.1, 0.15) is 5.56 Å². The van der Waals surface area contributed by atoms with Crippen LogP contribution >= 0.6 is 0 Å². The molecule has 0 aliphatic rings. The molecule has 1 aromatic carbocycles. The molecule has 20 heavy (non-hydrogen) atoms. The molecule has 1 heterocycles. The van der Waals surface area contributed by atoms with Crippen molar-refractivity contribution in [3.05, 3.63) is 40.2 Å². The molecule has 0 aliphatic carbocycles. The summed E-state index contributed by atoms with van der Waals surface area (Å²) in [5.74, 6) is 0.402. The van der Waals surface area contributed by atoms with E-state index in [1.807, 2.05) is 19.6 Å². The number of rotatable bonds is 2. The van der Waals surface area contributed by atoms with Crippen LogP contribution in [0.5, 0.6) is 5.75 Å². The highest BCUT2D eigenvalue weighted by molar-refractivity contribution is 6.70. The molecule has 2 aromatic rings. The van der Waals surface area contributed by atoms with Crippen LogP contribution in [0.2, 0.25) is 19.6 Å². The summed E-state index contributed by atoms with van der Waals surface area (Å²) >= 11 is 0. The molecule has 0 aliphatic heterocycles. The van der Waals surface area contributed by atoms with Gasteiger partial charge in [0.25, 0.3) is 0 Å². The Morgan fingerprint density at radius 1 is 1.15 bits per heavy atom. The van der Waals surface area contributed by atoms with Gasteiger partial charge in [0, 0.05) is 17.5 Å². The van der Waals surface area contributed by atoms with E-state index in [1.54, 1.807) is 0 Å². The largest absolute Gasteiger partial charge is 0.544 e. The minimum absolute atomic E-state index is 0.124. The van der Waals surface area contributed by atoms with Crippen molar-refractivity contribution in [2.45, 2.75) is 25.8 Å². The van der Waals surface area contributed by atoms with Gasteiger partial charge in [-0.05, 0) is 31.8 Å². The van der Waals surface area contributed by atoms with Crippen LogP contribution in [0.3, 0.4) is 0 Å². The number of benzene rings is 1. The van der Waals surface area contributed by atoms with Gasteiger partial charge in [-0.15, -0.1) is 0 Å². The fourth-order valence-electron chi connectivity index (χ4n) is 1.79. The molecule has 0 N–H and O–H groups in total. The summed E-state index contributed by atoms with van der Waals surface area (Å²) in [5.41, 5.74) is -2.15. The Bertz CT molecular complexity index is 699. The Morgan fingerprint density at radius 2 is 1.80 bits per heavy atom. The van der Waals surface area contributed by atoms with E-state index in [9.17, 15) is 18.0 Å². The van der Waals surface area contributed by atoms with Crippen molar-refractivity contribution in [1.29, 1.82) is 0 Å². The molecule has 108 valence electrons. The van der Waals surface area contributed by atoms with E-state index >= 15 is 0 Å². The summed E-state index contributed by atoms with van der Waals surface area (Å²) in [4.78, 5) is 11.2. The first kappa shape index (κ1) is 14.6. The fourth-order valence-corrected chi connectivity index (χ4v) is 2.63. The molecule has 0 atom stereocenters. The number of hydrogen-bond acceptors (Lipinski definition) is 3. The minimum atomic E-state index is -4.60. The number of fused-ring (bicyclic) bond motifs is 1. The average Bonchev–Trinajstić information content (AvgIpc) is 2.23. The molecule has 0 radical (unpaired) electrons. The third kappa shape index (κ3) is 3.22. The van der Waals surface area contributed by atoms with E-state index in [1.165, 1.54) is 18.2 Å². The smallest absolute Gasteiger partial charge is 0.417 e. The van der Waals surface area contributed by atoms with Crippen LogP contribution < -0.4 is 10.1 Å². The van der Waals surface area contributed by atoms with Gasteiger partial charge in [-0.3, -0.25) is 0 Å². The summed E-state index contributed by atoms with van der Waals surface area (Å²) < 4.78 is 49.1. The standard InChI is InChI=1S/C13H13F3O3Si/c1-20(2,3)19-8-4-5-9-10(13(14,15)16)7-12(17)18-11(9)6-8/h4-7H,1-3H3. The van der Waals surface area contributed by atoms with Crippen LogP contribution in [0, 0.1) is 0 Å². The summed E-state index contributed by atoms with van der Waals surface area (Å²) in [7, 11) is -1.89. The summed E-state index contributed by atoms with van der Waals surface area (Å²) in [6.07, 6.45) is -4.60. The monoisotopic (exact) mass is 302 g/mol. The first-order chi connectivity index (χ1) is 9.06. The predicted octanol–water partition coefficient (Wildman–Crippen LogP) is 4.03. The average molecular weight is 302 g/mol. The molecule has 3 nitrogen and oxygen atoms in total. The minimum Gasteiger partial charge on any atom is -0.544 e. The Hall–Kier alpha value is -1.76. The van der Waals surface area contributed by atoms with Crippen LogP contribution in [-0.4, -0.2) is 8.32 Å². The first-order valence-corrected chi connectivity index (χ1v) is 9.31. The van der Waals surface area contributed by atoms with Crippen LogP contribution in [-0.2, 0) is 6.18 Å². The second-order valence-electron chi connectivity index (χ2n) is 5.35. The highest BCUT2D eigenvalue weighted by Gasteiger charge is 2.34. The molecule has 7 heteroatoms. The zero-order chi connectivity index (χ0) is 15.1. The van der Waals surface area contributed by atoms with Crippen molar-refractivity contribution in [3.8, 4) is 5.75 Å². The van der Waals surface area contributed by atoms with Crippen molar-refractivity contribution >= 4 is 19.3 Å². The number of halogens is 3. The Labute approximate surface area is 114 Å². The molecule has 0 bridgehead atoms. The predicted molar refractivity (Wildman–Crippen MR) is 71.5 cm³/mol. The van der Waals surface area contributed by atoms with Gasteiger partial charge in [0.15, 0.2) is 0 Å². The molecular formula is C13H13F3O3Si. The van der Waals surface area contributed by atoms with E-state index in [2.05, 4.69) is 0 Å². The van der Waals surface area contributed by atoms with E-state index in [0.717, 1.165) is 0 Å². The topological polar surface area (TPSA) is 39.4 Å². The van der Waals surface area contributed by atoms with Gasteiger partial charge in [0.05, 0.1) is 5.56 Å². The molecule has 0 spiro atoms. The molecular weight excluding hydrogens is 289 g/mol. The second kappa shape index (κ2) is 4.66. The molecule has 1 aromatic heterocycles. The zero-order valence-electron chi connectivity index (χ0n) is 11.2. The lowest BCUT2D eigenvalue weighted by atomic mass is 10.1. The van der Waals surface area contributed by atoms with Crippen molar-refractivity contribution in [1.82, 2.24) is 0 Å². The second-order valence-corrected chi connectivity index (χ2v) is 9.78. The quantitative estimate of drug-likeness (QED) is 0.621. The van der Waals surface area contributed by atoms with Gasteiger partial charge in [-0.2, -0.15) is 13.2 Å². The van der Waals surface area contributed by atoms with Gasteiger partial charge < -0.3 is 8.84 Å². The van der Waals surface area contributed by atoms with Crippen molar-refractivity contribution in [3.63, 3.8) is 0 Å². The van der Waals surface area contributed by atoms with Crippen LogP contribution in [0.15, 0.2) is 33.5 Å². The zero-order valence-corrected chi connectivity index (χ0v) is 12.2. The molecule has 2 rings (SSSR count). The highest BCUT2D eigenvalue weighted by Crippen LogP contribution is 2.35. The van der Waals surface area contributed by atoms with Gasteiger partial charge in [0.2, 0.25) is 8.32 Å². The number of alkyl halides is 3. The van der Waals surface area contributed by atoms with Gasteiger partial charge >= 0.3 is 11.8 Å². The molecule has 0 amide bonds. The van der Waals surface area contributed by atoms with Crippen molar-refractivity contribution in [2.75, 3.05) is 0 Å². The Kier molecular flexibility index (Phi) is 3.41. The van der Waals surface area contributed by atoms with Gasteiger partial charge in [-0.1, -0.05) is 0 Å². The van der Waals surface area contributed by atoms with Crippen molar-refractivity contribution < 1.29 is 22.0 Å². The number of hydrogen-bond donors (Lipinski definition) is 0. The Balaban J connectivity index is 2.63. The van der Waals surface area contributed by atoms with Gasteiger partial charge in [-0.25, -0.2) is 4.79 Å². The van der Waals surface area contributed by atoms with Crippen LogP contribution in [0.25, 0.3) is 11.0 Å². The van der Waals surface area contributed by atoms with Crippen LogP contribution in [0.4, 0.5) is 13.2 Å². The summed E-state index contributed by atoms with van der Waals surface area (Å²) in [6.45, 7) is 5.83. The maximum Gasteiger partial charge on any atom is 0.417 e. The van der Waals surface area contributed by atoms with Crippen molar-refractivity contribution in [2.24, 2.45) is 0 Å². The summed E-state index contributed by atoms with van der Waals surface area (Å²) in [5, 5.41) is -0.153.